The van der Waals surface area contributed by atoms with Crippen molar-refractivity contribution in [3.63, 3.8) is 0 Å². The summed E-state index contributed by atoms with van der Waals surface area (Å²) in [6.45, 7) is 1.94. The average Bonchev–Trinajstić information content (AvgIpc) is 1.85. The maximum Gasteiger partial charge on any atom is 0.172 e. The van der Waals surface area contributed by atoms with E-state index >= 15 is 0 Å². The number of thiophene rings is 1. The highest BCUT2D eigenvalue weighted by Gasteiger charge is 1.97. The summed E-state index contributed by atoms with van der Waals surface area (Å²) in [5.74, 6) is 0. The molecule has 8 heavy (non-hydrogen) atoms. The minimum Gasteiger partial charge on any atom is -0.499 e. The molecule has 0 aliphatic heterocycles. The van der Waals surface area contributed by atoms with Crippen molar-refractivity contribution in [2.75, 3.05) is 0 Å². The number of hydrogen-bond donors (Lipinski definition) is 1. The second-order valence-electron chi connectivity index (χ2n) is 1.54. The molecule has 1 aromatic rings. The van der Waals surface area contributed by atoms with Crippen LogP contribution in [0.5, 0.6) is 5.06 Å². The van der Waals surface area contributed by atoms with Crippen LogP contribution in [-0.2, 0) is 0 Å². The molecule has 1 N–H and O–H groups in total. The Morgan fingerprint density at radius 2 is 2.38 bits per heavy atom. The number of halogens is 1. The van der Waals surface area contributed by atoms with Gasteiger partial charge < -0.3 is 5.11 Å². The predicted molar refractivity (Wildman–Crippen MR) is 38.4 cm³/mol. The Hall–Kier alpha value is -0.0200. The maximum atomic E-state index is 8.82. The minimum absolute atomic E-state index is 0.370. The van der Waals surface area contributed by atoms with Gasteiger partial charge in [-0.25, -0.2) is 0 Å². The van der Waals surface area contributed by atoms with Crippen molar-refractivity contribution < 1.29 is 5.11 Å². The second-order valence-corrected chi connectivity index (χ2v) is 3.89. The van der Waals surface area contributed by atoms with Crippen molar-refractivity contribution in [1.82, 2.24) is 0 Å². The fraction of sp³-hybridized carbons (Fsp3) is 0.200. The molecule has 0 saturated carbocycles. The summed E-state index contributed by atoms with van der Waals surface area (Å²) in [5, 5.41) is 9.19. The van der Waals surface area contributed by atoms with Crippen molar-refractivity contribution in [3.05, 3.63) is 15.4 Å². The van der Waals surface area contributed by atoms with Gasteiger partial charge in [0.15, 0.2) is 5.06 Å². The molecule has 1 nitrogen and oxygen atoms in total. The van der Waals surface area contributed by atoms with Crippen molar-refractivity contribution >= 4 is 27.3 Å². The lowest BCUT2D eigenvalue weighted by atomic mass is 10.4. The normalized spacial score (nSPS) is 9.75. The summed E-state index contributed by atoms with van der Waals surface area (Å²) in [6, 6.07) is 1.73. The number of aryl methyl sites for hydroxylation is 1. The van der Waals surface area contributed by atoms with Gasteiger partial charge in [-0.2, -0.15) is 0 Å². The summed E-state index contributed by atoms with van der Waals surface area (Å²) in [5.41, 5.74) is 1.09. The van der Waals surface area contributed by atoms with Gasteiger partial charge in [0.1, 0.15) is 0 Å². The lowest BCUT2D eigenvalue weighted by Gasteiger charge is -1.76. The third-order valence-electron chi connectivity index (χ3n) is 0.844. The Bertz CT molecular complexity index is 175. The van der Waals surface area contributed by atoms with Gasteiger partial charge in [-0.1, -0.05) is 11.3 Å². The summed E-state index contributed by atoms with van der Waals surface area (Å²) in [6.07, 6.45) is 0. The molecular weight excluding hydrogens is 188 g/mol. The molecule has 0 amide bonds. The molecule has 0 aromatic carbocycles. The predicted octanol–water partition coefficient (Wildman–Crippen LogP) is 2.52. The first-order valence-corrected chi connectivity index (χ1v) is 3.76. The van der Waals surface area contributed by atoms with E-state index in [1.807, 2.05) is 6.92 Å². The van der Waals surface area contributed by atoms with Crippen molar-refractivity contribution in [2.45, 2.75) is 6.92 Å². The van der Waals surface area contributed by atoms with Crippen LogP contribution < -0.4 is 0 Å². The van der Waals surface area contributed by atoms with E-state index in [2.05, 4.69) is 15.9 Å². The fourth-order valence-corrected chi connectivity index (χ4v) is 1.69. The van der Waals surface area contributed by atoms with Crippen LogP contribution in [0, 0.1) is 6.92 Å². The molecule has 3 heteroatoms. The van der Waals surface area contributed by atoms with Crippen LogP contribution in [0.4, 0.5) is 0 Å². The molecule has 1 rings (SSSR count). The SMILES string of the molecule is Cc1cc(O)sc1Br. The van der Waals surface area contributed by atoms with E-state index in [1.165, 1.54) is 11.3 Å². The summed E-state index contributed by atoms with van der Waals surface area (Å²) >= 11 is 4.62. The molecule has 0 unspecified atom stereocenters. The van der Waals surface area contributed by atoms with Crippen LogP contribution in [0.1, 0.15) is 5.56 Å². The van der Waals surface area contributed by atoms with Gasteiger partial charge in [-0.3, -0.25) is 0 Å². The van der Waals surface area contributed by atoms with Gasteiger partial charge in [-0.05, 0) is 34.5 Å². The molecule has 0 saturated heterocycles. The molecule has 0 radical (unpaired) electrons. The Labute approximate surface area is 60.1 Å². The zero-order valence-corrected chi connectivity index (χ0v) is 6.71. The highest BCUT2D eigenvalue weighted by molar-refractivity contribution is 9.11. The second kappa shape index (κ2) is 2.07. The fourth-order valence-electron chi connectivity index (χ4n) is 0.444. The molecule has 1 aromatic heterocycles. The topological polar surface area (TPSA) is 20.2 Å². The Morgan fingerprint density at radius 3 is 2.50 bits per heavy atom. The largest absolute Gasteiger partial charge is 0.499 e. The van der Waals surface area contributed by atoms with Crippen LogP contribution in [0.25, 0.3) is 0 Å². The van der Waals surface area contributed by atoms with Crippen LogP contribution in [0.15, 0.2) is 9.85 Å². The quantitative estimate of drug-likeness (QED) is 0.671. The van der Waals surface area contributed by atoms with Crippen LogP contribution in [0.2, 0.25) is 0 Å². The molecule has 44 valence electrons. The van der Waals surface area contributed by atoms with Gasteiger partial charge in [-0.15, -0.1) is 0 Å². The monoisotopic (exact) mass is 192 g/mol. The molecule has 0 aliphatic rings. The maximum absolute atomic E-state index is 8.82. The summed E-state index contributed by atoms with van der Waals surface area (Å²) in [4.78, 5) is 0. The highest BCUT2D eigenvalue weighted by Crippen LogP contribution is 2.31. The van der Waals surface area contributed by atoms with E-state index < -0.39 is 0 Å². The zero-order valence-electron chi connectivity index (χ0n) is 4.31. The van der Waals surface area contributed by atoms with Gasteiger partial charge in [0, 0.05) is 0 Å². The van der Waals surface area contributed by atoms with E-state index in [9.17, 15) is 0 Å². The Kier molecular flexibility index (Phi) is 1.58. The van der Waals surface area contributed by atoms with E-state index in [0.29, 0.717) is 5.06 Å². The van der Waals surface area contributed by atoms with Crippen LogP contribution >= 0.6 is 27.3 Å². The molecule has 0 spiro atoms. The first-order chi connectivity index (χ1) is 3.70. The number of rotatable bonds is 0. The Morgan fingerprint density at radius 1 is 1.75 bits per heavy atom. The molecule has 0 atom stereocenters. The number of aromatic hydroxyl groups is 1. The highest BCUT2D eigenvalue weighted by atomic mass is 79.9. The van der Waals surface area contributed by atoms with Crippen molar-refractivity contribution in [1.29, 1.82) is 0 Å². The molecule has 0 bridgehead atoms. The average molecular weight is 193 g/mol. The smallest absolute Gasteiger partial charge is 0.172 e. The molecular formula is C5H5BrOS. The standard InChI is InChI=1S/C5H5BrOS/c1-3-2-4(7)8-5(3)6/h2,7H,1H3. The van der Waals surface area contributed by atoms with Crippen LogP contribution in [0.3, 0.4) is 0 Å². The van der Waals surface area contributed by atoms with Gasteiger partial charge in [0.05, 0.1) is 3.79 Å². The van der Waals surface area contributed by atoms with E-state index in [1.54, 1.807) is 6.07 Å². The van der Waals surface area contributed by atoms with E-state index in [-0.39, 0.29) is 0 Å². The van der Waals surface area contributed by atoms with Crippen LogP contribution in [-0.4, -0.2) is 5.11 Å². The first-order valence-electron chi connectivity index (χ1n) is 2.15. The molecule has 1 heterocycles. The third-order valence-corrected chi connectivity index (χ3v) is 2.78. The van der Waals surface area contributed by atoms with E-state index in [0.717, 1.165) is 9.35 Å². The lowest BCUT2D eigenvalue weighted by molar-refractivity contribution is 0.490. The third kappa shape index (κ3) is 1.03. The first kappa shape index (κ1) is 6.11. The van der Waals surface area contributed by atoms with Gasteiger partial charge in [0.2, 0.25) is 0 Å². The summed E-state index contributed by atoms with van der Waals surface area (Å²) in [7, 11) is 0. The van der Waals surface area contributed by atoms with Crippen molar-refractivity contribution in [3.8, 4) is 5.06 Å². The molecule has 0 fully saturated rings. The van der Waals surface area contributed by atoms with E-state index in [4.69, 9.17) is 5.11 Å². The Balaban J connectivity index is 3.14. The minimum atomic E-state index is 0.370. The van der Waals surface area contributed by atoms with Gasteiger partial charge in [0.25, 0.3) is 0 Å². The lowest BCUT2D eigenvalue weighted by Crippen LogP contribution is -1.55. The van der Waals surface area contributed by atoms with Crippen molar-refractivity contribution in [2.24, 2.45) is 0 Å². The summed E-state index contributed by atoms with van der Waals surface area (Å²) < 4.78 is 1.01. The molecule has 0 aliphatic carbocycles. The number of hydrogen-bond acceptors (Lipinski definition) is 2. The van der Waals surface area contributed by atoms with Gasteiger partial charge >= 0.3 is 0 Å². The zero-order chi connectivity index (χ0) is 6.15.